The standard InChI is InChI=1S/C26H35N7O3SSi/c1-19-11-21(30-33(19)18-35-9-10-38(2,3)4)16-32-26(34)23-15-27-24(12-20(23)13-28-32)37-22-14-29-31(17-22)25-7-5-6-8-36-25/h11-15,17,25H,5-10,16,18H2,1-4H3. The molecule has 12 heteroatoms. The monoisotopic (exact) mass is 553 g/mol. The molecule has 1 saturated heterocycles. The number of rotatable bonds is 10. The third-order valence-electron chi connectivity index (χ3n) is 6.52. The van der Waals surface area contributed by atoms with E-state index in [9.17, 15) is 4.79 Å². The molecule has 10 nitrogen and oxygen atoms in total. The van der Waals surface area contributed by atoms with E-state index in [1.54, 1.807) is 12.4 Å². The molecule has 1 unspecified atom stereocenters. The quantitative estimate of drug-likeness (QED) is 0.206. The van der Waals surface area contributed by atoms with Crippen molar-refractivity contribution in [1.82, 2.24) is 34.3 Å². The van der Waals surface area contributed by atoms with E-state index >= 15 is 0 Å². The molecule has 5 heterocycles. The maximum Gasteiger partial charge on any atom is 0.276 e. The minimum atomic E-state index is -1.13. The lowest BCUT2D eigenvalue weighted by molar-refractivity contribution is -0.0396. The summed E-state index contributed by atoms with van der Waals surface area (Å²) in [4.78, 5) is 18.7. The third kappa shape index (κ3) is 6.60. The van der Waals surface area contributed by atoms with Gasteiger partial charge in [-0.25, -0.2) is 19.0 Å². The number of pyridine rings is 1. The summed E-state index contributed by atoms with van der Waals surface area (Å²) in [5.74, 6) is 0. The molecule has 38 heavy (non-hydrogen) atoms. The predicted molar refractivity (Wildman–Crippen MR) is 149 cm³/mol. The lowest BCUT2D eigenvalue weighted by Gasteiger charge is -2.22. The highest BCUT2D eigenvalue weighted by atomic mass is 32.2. The Morgan fingerprint density at radius 1 is 1.13 bits per heavy atom. The number of ether oxygens (including phenoxy) is 2. The van der Waals surface area contributed by atoms with E-state index in [1.165, 1.54) is 16.4 Å². The molecular weight excluding hydrogens is 518 g/mol. The van der Waals surface area contributed by atoms with Gasteiger partial charge in [-0.2, -0.15) is 15.3 Å². The van der Waals surface area contributed by atoms with Gasteiger partial charge in [-0.05, 0) is 44.4 Å². The van der Waals surface area contributed by atoms with Crippen LogP contribution in [0.4, 0.5) is 0 Å². The van der Waals surface area contributed by atoms with E-state index in [0.717, 1.165) is 65.2 Å². The summed E-state index contributed by atoms with van der Waals surface area (Å²) in [6.07, 6.45) is 10.4. The first-order chi connectivity index (χ1) is 18.2. The van der Waals surface area contributed by atoms with Crippen LogP contribution in [0.3, 0.4) is 0 Å². The highest BCUT2D eigenvalue weighted by Gasteiger charge is 2.17. The van der Waals surface area contributed by atoms with Crippen molar-refractivity contribution < 1.29 is 9.47 Å². The molecule has 0 aromatic carbocycles. The van der Waals surface area contributed by atoms with Gasteiger partial charge in [-0.3, -0.25) is 4.79 Å². The van der Waals surface area contributed by atoms with E-state index in [2.05, 4.69) is 39.9 Å². The number of aromatic nitrogens is 7. The van der Waals surface area contributed by atoms with Gasteiger partial charge >= 0.3 is 0 Å². The minimum absolute atomic E-state index is 0.00278. The van der Waals surface area contributed by atoms with Gasteiger partial charge in [0.05, 0.1) is 34.9 Å². The second-order valence-electron chi connectivity index (χ2n) is 10.9. The Balaban J connectivity index is 1.24. The molecule has 1 aliphatic heterocycles. The van der Waals surface area contributed by atoms with Crippen LogP contribution in [0.1, 0.15) is 36.9 Å². The van der Waals surface area contributed by atoms with Crippen molar-refractivity contribution in [2.75, 3.05) is 13.2 Å². The molecule has 4 aromatic rings. The summed E-state index contributed by atoms with van der Waals surface area (Å²) in [7, 11) is -1.13. The Labute approximate surface area is 227 Å². The van der Waals surface area contributed by atoms with Crippen LogP contribution in [-0.2, 0) is 22.7 Å². The first kappa shape index (κ1) is 26.8. The zero-order chi connectivity index (χ0) is 26.7. The van der Waals surface area contributed by atoms with Gasteiger partial charge in [0.15, 0.2) is 0 Å². The molecule has 1 aliphatic rings. The molecule has 0 radical (unpaired) electrons. The largest absolute Gasteiger partial charge is 0.360 e. The van der Waals surface area contributed by atoms with Crippen molar-refractivity contribution >= 4 is 30.6 Å². The van der Waals surface area contributed by atoms with Gasteiger partial charge in [0.25, 0.3) is 5.56 Å². The molecule has 202 valence electrons. The van der Waals surface area contributed by atoms with Crippen molar-refractivity contribution in [2.24, 2.45) is 0 Å². The molecular formula is C26H35N7O3SSi. The molecule has 1 fully saturated rings. The second kappa shape index (κ2) is 11.5. The second-order valence-corrected chi connectivity index (χ2v) is 17.6. The number of aryl methyl sites for hydroxylation is 1. The zero-order valence-electron chi connectivity index (χ0n) is 22.5. The molecule has 0 spiro atoms. The summed E-state index contributed by atoms with van der Waals surface area (Å²) in [5, 5.41) is 15.6. The number of fused-ring (bicyclic) bond motifs is 1. The molecule has 0 saturated carbocycles. The van der Waals surface area contributed by atoms with Gasteiger partial charge < -0.3 is 9.47 Å². The molecule has 5 rings (SSSR count). The SMILES string of the molecule is Cc1cc(Cn2ncc3cc(Sc4cnn(C5CCCCO5)c4)ncc3c2=O)nn1COCC[Si](C)(C)C. The summed E-state index contributed by atoms with van der Waals surface area (Å²) >= 11 is 1.50. The maximum absolute atomic E-state index is 13.1. The fourth-order valence-electron chi connectivity index (χ4n) is 4.28. The fourth-order valence-corrected chi connectivity index (χ4v) is 5.83. The van der Waals surface area contributed by atoms with Crippen molar-refractivity contribution in [1.29, 1.82) is 0 Å². The van der Waals surface area contributed by atoms with Crippen LogP contribution < -0.4 is 5.56 Å². The molecule has 0 bridgehead atoms. The summed E-state index contributed by atoms with van der Waals surface area (Å²) in [6.45, 7) is 11.2. The summed E-state index contributed by atoms with van der Waals surface area (Å²) < 4.78 is 16.8. The zero-order valence-corrected chi connectivity index (χ0v) is 24.3. The first-order valence-electron chi connectivity index (χ1n) is 13.1. The van der Waals surface area contributed by atoms with Crippen molar-refractivity contribution in [2.45, 2.75) is 81.3 Å². The van der Waals surface area contributed by atoms with Gasteiger partial charge in [0.1, 0.15) is 18.0 Å². The average molecular weight is 554 g/mol. The van der Waals surface area contributed by atoms with Crippen LogP contribution >= 0.6 is 11.8 Å². The van der Waals surface area contributed by atoms with Crippen molar-refractivity contribution in [3.05, 3.63) is 58.7 Å². The lowest BCUT2D eigenvalue weighted by atomic mass is 10.2. The smallest absolute Gasteiger partial charge is 0.276 e. The number of hydrogen-bond donors (Lipinski definition) is 0. The topological polar surface area (TPSA) is 102 Å². The van der Waals surface area contributed by atoms with Crippen LogP contribution in [0.2, 0.25) is 25.7 Å². The Morgan fingerprint density at radius 3 is 2.79 bits per heavy atom. The minimum Gasteiger partial charge on any atom is -0.360 e. The van der Waals surface area contributed by atoms with Crippen LogP contribution in [-0.4, -0.2) is 55.6 Å². The molecule has 0 aliphatic carbocycles. The summed E-state index contributed by atoms with van der Waals surface area (Å²) in [6, 6.07) is 4.98. The highest BCUT2D eigenvalue weighted by Crippen LogP contribution is 2.29. The van der Waals surface area contributed by atoms with Gasteiger partial charge in [-0.15, -0.1) is 0 Å². The normalized spacial score (nSPS) is 16.4. The molecule has 0 amide bonds. The van der Waals surface area contributed by atoms with E-state index < -0.39 is 8.07 Å². The average Bonchev–Trinajstić information content (AvgIpc) is 3.49. The van der Waals surface area contributed by atoms with Crippen LogP contribution in [0.5, 0.6) is 0 Å². The Hall–Kier alpha value is -2.80. The Bertz CT molecular complexity index is 1450. The van der Waals surface area contributed by atoms with Crippen LogP contribution in [0.15, 0.2) is 51.6 Å². The Morgan fingerprint density at radius 2 is 2.00 bits per heavy atom. The van der Waals surface area contributed by atoms with Gasteiger partial charge in [0, 0.05) is 44.8 Å². The Kier molecular flexibility index (Phi) is 8.12. The van der Waals surface area contributed by atoms with Crippen molar-refractivity contribution in [3.63, 3.8) is 0 Å². The lowest BCUT2D eigenvalue weighted by Crippen LogP contribution is -2.24. The summed E-state index contributed by atoms with van der Waals surface area (Å²) in [5.41, 5.74) is 1.57. The molecule has 1 atom stereocenters. The fraction of sp³-hybridized carbons (Fsp3) is 0.500. The first-order valence-corrected chi connectivity index (χ1v) is 17.6. The van der Waals surface area contributed by atoms with E-state index in [-0.39, 0.29) is 18.3 Å². The van der Waals surface area contributed by atoms with E-state index in [4.69, 9.17) is 9.47 Å². The van der Waals surface area contributed by atoms with Gasteiger partial charge in [0.2, 0.25) is 0 Å². The number of hydrogen-bond acceptors (Lipinski definition) is 8. The highest BCUT2D eigenvalue weighted by molar-refractivity contribution is 7.99. The van der Waals surface area contributed by atoms with E-state index in [1.807, 2.05) is 40.8 Å². The third-order valence-corrected chi connectivity index (χ3v) is 9.10. The van der Waals surface area contributed by atoms with Crippen LogP contribution in [0.25, 0.3) is 10.8 Å². The van der Waals surface area contributed by atoms with Gasteiger partial charge in [-0.1, -0.05) is 31.4 Å². The molecule has 4 aromatic heterocycles. The molecule has 0 N–H and O–H groups in total. The van der Waals surface area contributed by atoms with Crippen molar-refractivity contribution in [3.8, 4) is 0 Å². The van der Waals surface area contributed by atoms with Crippen LogP contribution in [0, 0.1) is 6.92 Å². The maximum atomic E-state index is 13.1. The van der Waals surface area contributed by atoms with E-state index in [0.29, 0.717) is 12.1 Å². The predicted octanol–water partition coefficient (Wildman–Crippen LogP) is 4.70. The number of nitrogens with zero attached hydrogens (tertiary/aromatic N) is 7.